The molecular formula is C37H30Cl3N7O2S. The summed E-state index contributed by atoms with van der Waals surface area (Å²) in [5.41, 5.74) is 4.90. The van der Waals surface area contributed by atoms with Crippen LogP contribution in [0.4, 0.5) is 0 Å². The summed E-state index contributed by atoms with van der Waals surface area (Å²) >= 11 is 20.7. The Morgan fingerprint density at radius 1 is 0.900 bits per heavy atom. The molecular weight excluding hydrogens is 713 g/mol. The molecule has 0 fully saturated rings. The Bertz CT molecular complexity index is 2420. The first kappa shape index (κ1) is 33.7. The Kier molecular flexibility index (Phi) is 9.61. The molecule has 0 aliphatic heterocycles. The number of thioether (sulfide) groups is 1. The molecule has 0 saturated heterocycles. The van der Waals surface area contributed by atoms with Crippen LogP contribution in [0.15, 0.2) is 113 Å². The van der Waals surface area contributed by atoms with E-state index in [2.05, 4.69) is 20.5 Å². The van der Waals surface area contributed by atoms with Gasteiger partial charge in [0.15, 0.2) is 11.0 Å². The highest BCUT2D eigenvalue weighted by Gasteiger charge is 2.27. The van der Waals surface area contributed by atoms with Gasteiger partial charge in [0.2, 0.25) is 5.91 Å². The lowest BCUT2D eigenvalue weighted by atomic mass is 9.90. The average Bonchev–Trinajstić information content (AvgIpc) is 3.79. The van der Waals surface area contributed by atoms with Crippen LogP contribution in [0.3, 0.4) is 0 Å². The van der Waals surface area contributed by atoms with Crippen LogP contribution in [-0.4, -0.2) is 47.3 Å². The third-order valence-electron chi connectivity index (χ3n) is 8.67. The third kappa shape index (κ3) is 6.35. The molecule has 0 aliphatic carbocycles. The molecule has 0 saturated carbocycles. The van der Waals surface area contributed by atoms with Gasteiger partial charge in [0.25, 0.3) is 5.56 Å². The van der Waals surface area contributed by atoms with E-state index in [-0.39, 0.29) is 29.7 Å². The molecule has 3 aromatic heterocycles. The van der Waals surface area contributed by atoms with Gasteiger partial charge >= 0.3 is 0 Å². The van der Waals surface area contributed by atoms with Crippen LogP contribution in [-0.2, 0) is 11.8 Å². The summed E-state index contributed by atoms with van der Waals surface area (Å²) in [6.45, 7) is 2.14. The van der Waals surface area contributed by atoms with Crippen molar-refractivity contribution in [1.29, 1.82) is 0 Å². The van der Waals surface area contributed by atoms with Gasteiger partial charge in [-0.05, 0) is 60.5 Å². The van der Waals surface area contributed by atoms with Crippen LogP contribution < -0.4 is 10.9 Å². The Balaban J connectivity index is 1.20. The van der Waals surface area contributed by atoms with E-state index >= 15 is 0 Å². The van der Waals surface area contributed by atoms with Crippen molar-refractivity contribution in [2.75, 3.05) is 12.3 Å². The summed E-state index contributed by atoms with van der Waals surface area (Å²) in [4.78, 5) is 31.0. The number of para-hydroxylation sites is 2. The number of carbonyl (C=O) groups is 1. The van der Waals surface area contributed by atoms with Crippen LogP contribution in [0.25, 0.3) is 33.7 Å². The first-order valence-electron chi connectivity index (χ1n) is 15.7. The topological polar surface area (TPSA) is 103 Å². The molecule has 9 nitrogen and oxygen atoms in total. The molecule has 0 spiro atoms. The number of benzene rings is 4. The standard InChI is InChI=1S/C37H30Cl3N7O2S/c1-22-34(36(49)47(45(22)2)24-10-4-3-5-11-24)46-35(27-13-6-8-14-30(27)39)43-44-37(46)50-21-33(48)42-20-28(25-17-16-23(38)18-31(25)40)29-19-41-32-15-9-7-12-26(29)32/h3-19,28,41H,20-21H2,1-2H3,(H,42,48). The number of rotatable bonds is 10. The zero-order chi connectivity index (χ0) is 34.9. The number of aromatic nitrogens is 6. The number of H-pyrrole nitrogens is 1. The van der Waals surface area contributed by atoms with Gasteiger partial charge in [-0.15, -0.1) is 10.2 Å². The monoisotopic (exact) mass is 741 g/mol. The lowest BCUT2D eigenvalue weighted by molar-refractivity contribution is -0.118. The molecule has 3 heterocycles. The minimum atomic E-state index is -0.267. The van der Waals surface area contributed by atoms with Crippen molar-refractivity contribution in [2.24, 2.45) is 7.05 Å². The number of aromatic amines is 1. The number of nitrogens with one attached hydrogen (secondary N) is 2. The normalized spacial score (nSPS) is 12.0. The van der Waals surface area contributed by atoms with Gasteiger partial charge in [-0.3, -0.25) is 18.8 Å². The second kappa shape index (κ2) is 14.2. The fourth-order valence-corrected chi connectivity index (χ4v) is 7.67. The summed E-state index contributed by atoms with van der Waals surface area (Å²) in [6.07, 6.45) is 1.95. The minimum Gasteiger partial charge on any atom is -0.361 e. The zero-order valence-electron chi connectivity index (χ0n) is 26.9. The first-order chi connectivity index (χ1) is 24.2. The summed E-state index contributed by atoms with van der Waals surface area (Å²) < 4.78 is 5.07. The molecule has 2 N–H and O–H groups in total. The van der Waals surface area contributed by atoms with Gasteiger partial charge in [-0.2, -0.15) is 0 Å². The highest BCUT2D eigenvalue weighted by molar-refractivity contribution is 7.99. The van der Waals surface area contributed by atoms with Gasteiger partial charge in [-0.1, -0.05) is 101 Å². The molecule has 0 bridgehead atoms. The van der Waals surface area contributed by atoms with Gasteiger partial charge in [0.05, 0.1) is 22.2 Å². The minimum absolute atomic E-state index is 0.00830. The molecule has 7 aromatic rings. The van der Waals surface area contributed by atoms with E-state index in [0.717, 1.165) is 22.0 Å². The molecule has 0 aliphatic rings. The van der Waals surface area contributed by atoms with Gasteiger partial charge < -0.3 is 10.3 Å². The van der Waals surface area contributed by atoms with Gasteiger partial charge in [0, 0.05) is 52.2 Å². The molecule has 4 aromatic carbocycles. The van der Waals surface area contributed by atoms with Crippen molar-refractivity contribution >= 4 is 63.4 Å². The molecule has 50 heavy (non-hydrogen) atoms. The maximum atomic E-state index is 14.2. The van der Waals surface area contributed by atoms with Crippen molar-refractivity contribution in [3.05, 3.63) is 146 Å². The number of carbonyl (C=O) groups excluding carboxylic acids is 1. The van der Waals surface area contributed by atoms with E-state index in [1.54, 1.807) is 32.1 Å². The van der Waals surface area contributed by atoms with E-state index in [0.29, 0.717) is 48.7 Å². The van der Waals surface area contributed by atoms with Gasteiger partial charge in [0.1, 0.15) is 5.69 Å². The Labute approximate surface area is 306 Å². The van der Waals surface area contributed by atoms with E-state index < -0.39 is 0 Å². The van der Waals surface area contributed by atoms with Crippen LogP contribution in [0.2, 0.25) is 15.1 Å². The number of halogens is 3. The fraction of sp³-hybridized carbons (Fsp3) is 0.135. The van der Waals surface area contributed by atoms with Crippen LogP contribution in [0.1, 0.15) is 22.7 Å². The maximum Gasteiger partial charge on any atom is 0.296 e. The Morgan fingerprint density at radius 2 is 1.64 bits per heavy atom. The zero-order valence-corrected chi connectivity index (χ0v) is 30.0. The second-order valence-electron chi connectivity index (χ2n) is 11.6. The second-order valence-corrected chi connectivity index (χ2v) is 13.8. The quantitative estimate of drug-likeness (QED) is 0.138. The third-order valence-corrected chi connectivity index (χ3v) is 10.5. The summed E-state index contributed by atoms with van der Waals surface area (Å²) in [5, 5.41) is 14.9. The van der Waals surface area contributed by atoms with Crippen molar-refractivity contribution in [3.63, 3.8) is 0 Å². The number of hydrogen-bond donors (Lipinski definition) is 2. The highest BCUT2D eigenvalue weighted by Crippen LogP contribution is 2.36. The molecule has 7 rings (SSSR count). The summed E-state index contributed by atoms with van der Waals surface area (Å²) in [6, 6.07) is 30.0. The van der Waals surface area contributed by atoms with E-state index in [9.17, 15) is 9.59 Å². The number of fused-ring (bicyclic) bond motifs is 1. The van der Waals surface area contributed by atoms with Gasteiger partial charge in [-0.25, -0.2) is 4.68 Å². The van der Waals surface area contributed by atoms with Crippen LogP contribution in [0.5, 0.6) is 0 Å². The van der Waals surface area contributed by atoms with E-state index in [1.165, 1.54) is 11.8 Å². The molecule has 0 radical (unpaired) electrons. The summed E-state index contributed by atoms with van der Waals surface area (Å²) in [7, 11) is 1.82. The molecule has 1 unspecified atom stereocenters. The molecule has 1 amide bonds. The van der Waals surface area contributed by atoms with E-state index in [1.807, 2.05) is 99.0 Å². The molecule has 1 atom stereocenters. The Hall–Kier alpha value is -4.74. The first-order valence-corrected chi connectivity index (χ1v) is 17.8. The van der Waals surface area contributed by atoms with Crippen molar-refractivity contribution < 1.29 is 4.79 Å². The molecule has 13 heteroatoms. The van der Waals surface area contributed by atoms with Crippen molar-refractivity contribution in [2.45, 2.75) is 18.0 Å². The number of nitrogens with zero attached hydrogens (tertiary/aromatic N) is 5. The van der Waals surface area contributed by atoms with E-state index in [4.69, 9.17) is 34.8 Å². The lowest BCUT2D eigenvalue weighted by Crippen LogP contribution is -2.30. The number of hydrogen-bond acceptors (Lipinski definition) is 5. The summed E-state index contributed by atoms with van der Waals surface area (Å²) in [5.74, 6) is -0.0933. The largest absolute Gasteiger partial charge is 0.361 e. The predicted octanol–water partition coefficient (Wildman–Crippen LogP) is 8.21. The SMILES string of the molecule is Cc1c(-n2c(SCC(=O)NCC(c3ccc(Cl)cc3Cl)c3c[nH]c4ccccc34)nnc2-c2ccccc2Cl)c(=O)n(-c2ccccc2)n1C. The lowest BCUT2D eigenvalue weighted by Gasteiger charge is -2.20. The van der Waals surface area contributed by atoms with Crippen LogP contribution >= 0.6 is 46.6 Å². The highest BCUT2D eigenvalue weighted by atomic mass is 35.5. The fourth-order valence-electron chi connectivity index (χ4n) is 6.14. The Morgan fingerprint density at radius 3 is 2.42 bits per heavy atom. The average molecular weight is 743 g/mol. The van der Waals surface area contributed by atoms with Crippen LogP contribution in [0, 0.1) is 6.92 Å². The molecule has 252 valence electrons. The number of amides is 1. The maximum absolute atomic E-state index is 14.2. The van der Waals surface area contributed by atoms with Crippen molar-refractivity contribution in [3.8, 4) is 22.8 Å². The smallest absolute Gasteiger partial charge is 0.296 e. The van der Waals surface area contributed by atoms with Crippen molar-refractivity contribution in [1.82, 2.24) is 34.4 Å². The predicted molar refractivity (Wildman–Crippen MR) is 201 cm³/mol.